The molecule has 0 fully saturated rings. The van der Waals surface area contributed by atoms with Gasteiger partial charge in [0.25, 0.3) is 0 Å². The Balaban J connectivity index is 1.74. The molecule has 1 heterocycles. The summed E-state index contributed by atoms with van der Waals surface area (Å²) in [7, 11) is 0. The summed E-state index contributed by atoms with van der Waals surface area (Å²) in [6.07, 6.45) is 0.899. The molecule has 1 aliphatic heterocycles. The molecule has 0 radical (unpaired) electrons. The zero-order valence-electron chi connectivity index (χ0n) is 17.1. The standard InChI is InChI=1S/C24H27NO4/c1-3-27-23(26)15-14-20-10-7-9-19(24(20)28-4-2)11-8-16-25-17-18-29-22-13-6-5-12-21(22)25/h5-7,9-10,12-13H,3-4,14-18H2,1-2H3. The van der Waals surface area contributed by atoms with E-state index in [1.54, 1.807) is 0 Å². The maximum Gasteiger partial charge on any atom is 0.306 e. The second-order valence-electron chi connectivity index (χ2n) is 6.57. The molecule has 0 aliphatic carbocycles. The van der Waals surface area contributed by atoms with Gasteiger partial charge in [0.15, 0.2) is 0 Å². The molecule has 1 aliphatic rings. The zero-order chi connectivity index (χ0) is 20.5. The summed E-state index contributed by atoms with van der Waals surface area (Å²) in [6, 6.07) is 13.9. The molecule has 29 heavy (non-hydrogen) atoms. The summed E-state index contributed by atoms with van der Waals surface area (Å²) in [5.41, 5.74) is 2.89. The van der Waals surface area contributed by atoms with Gasteiger partial charge in [-0.15, -0.1) is 0 Å². The second-order valence-corrected chi connectivity index (χ2v) is 6.57. The normalized spacial score (nSPS) is 12.3. The van der Waals surface area contributed by atoms with Crippen molar-refractivity contribution in [2.24, 2.45) is 0 Å². The monoisotopic (exact) mass is 393 g/mol. The lowest BCUT2D eigenvalue weighted by Gasteiger charge is -2.29. The number of benzene rings is 2. The highest BCUT2D eigenvalue weighted by Gasteiger charge is 2.16. The molecule has 0 atom stereocenters. The van der Waals surface area contributed by atoms with Crippen LogP contribution in [0.15, 0.2) is 42.5 Å². The van der Waals surface area contributed by atoms with Crippen molar-refractivity contribution in [3.63, 3.8) is 0 Å². The van der Waals surface area contributed by atoms with E-state index in [9.17, 15) is 4.79 Å². The predicted molar refractivity (Wildman–Crippen MR) is 114 cm³/mol. The minimum Gasteiger partial charge on any atom is -0.492 e. The van der Waals surface area contributed by atoms with Gasteiger partial charge in [-0.1, -0.05) is 36.1 Å². The molecule has 0 spiro atoms. The quantitative estimate of drug-likeness (QED) is 0.529. The Morgan fingerprint density at radius 1 is 1.14 bits per heavy atom. The van der Waals surface area contributed by atoms with E-state index < -0.39 is 0 Å². The molecule has 0 aromatic heterocycles. The third kappa shape index (κ3) is 5.45. The maximum atomic E-state index is 11.7. The molecule has 5 heteroatoms. The fraction of sp³-hybridized carbons (Fsp3) is 0.375. The summed E-state index contributed by atoms with van der Waals surface area (Å²) >= 11 is 0. The molecule has 0 bridgehead atoms. The fourth-order valence-corrected chi connectivity index (χ4v) is 3.29. The van der Waals surface area contributed by atoms with Crippen LogP contribution in [0.25, 0.3) is 0 Å². The van der Waals surface area contributed by atoms with E-state index >= 15 is 0 Å². The van der Waals surface area contributed by atoms with Gasteiger partial charge in [-0.05, 0) is 44.0 Å². The van der Waals surface area contributed by atoms with Crippen LogP contribution in [0.1, 0.15) is 31.4 Å². The van der Waals surface area contributed by atoms with Gasteiger partial charge < -0.3 is 19.1 Å². The summed E-state index contributed by atoms with van der Waals surface area (Å²) in [5.74, 6) is 7.99. The third-order valence-electron chi connectivity index (χ3n) is 4.61. The van der Waals surface area contributed by atoms with Crippen LogP contribution in [-0.2, 0) is 16.0 Å². The van der Waals surface area contributed by atoms with E-state index in [0.29, 0.717) is 39.2 Å². The molecule has 5 nitrogen and oxygen atoms in total. The van der Waals surface area contributed by atoms with E-state index in [-0.39, 0.29) is 5.97 Å². The molecular weight excluding hydrogens is 366 g/mol. The highest BCUT2D eigenvalue weighted by atomic mass is 16.5. The minimum atomic E-state index is -0.197. The first-order valence-electron chi connectivity index (χ1n) is 10.1. The number of rotatable bonds is 7. The van der Waals surface area contributed by atoms with E-state index in [4.69, 9.17) is 14.2 Å². The number of carbonyl (C=O) groups excluding carboxylic acids is 1. The Kier molecular flexibility index (Phi) is 7.40. The molecule has 0 N–H and O–H groups in total. The number of hydrogen-bond acceptors (Lipinski definition) is 5. The van der Waals surface area contributed by atoms with Crippen molar-refractivity contribution >= 4 is 11.7 Å². The number of para-hydroxylation sites is 3. The molecule has 0 amide bonds. The molecule has 152 valence electrons. The van der Waals surface area contributed by atoms with Crippen LogP contribution in [0.2, 0.25) is 0 Å². The lowest BCUT2D eigenvalue weighted by Crippen LogP contribution is -2.32. The van der Waals surface area contributed by atoms with Crippen molar-refractivity contribution in [3.8, 4) is 23.3 Å². The van der Waals surface area contributed by atoms with Crippen molar-refractivity contribution in [1.29, 1.82) is 0 Å². The van der Waals surface area contributed by atoms with Gasteiger partial charge in [-0.3, -0.25) is 4.79 Å². The Labute approximate surface area is 172 Å². The molecule has 0 saturated heterocycles. The molecule has 2 aromatic rings. The first kappa shape index (κ1) is 20.6. The van der Waals surface area contributed by atoms with E-state index in [1.165, 1.54) is 0 Å². The molecule has 3 rings (SSSR count). The smallest absolute Gasteiger partial charge is 0.306 e. The van der Waals surface area contributed by atoms with Gasteiger partial charge in [0.2, 0.25) is 0 Å². The van der Waals surface area contributed by atoms with E-state index in [1.807, 2.05) is 50.2 Å². The zero-order valence-corrected chi connectivity index (χ0v) is 17.1. The molecule has 0 unspecified atom stereocenters. The van der Waals surface area contributed by atoms with Crippen molar-refractivity contribution in [2.75, 3.05) is 37.8 Å². The predicted octanol–water partition coefficient (Wildman–Crippen LogP) is 3.83. The topological polar surface area (TPSA) is 48.0 Å². The third-order valence-corrected chi connectivity index (χ3v) is 4.61. The van der Waals surface area contributed by atoms with Gasteiger partial charge >= 0.3 is 5.97 Å². The van der Waals surface area contributed by atoms with Gasteiger partial charge in [0.05, 0.1) is 37.6 Å². The average molecular weight is 393 g/mol. The van der Waals surface area contributed by atoms with Crippen molar-refractivity contribution in [1.82, 2.24) is 0 Å². The number of anilines is 1. The van der Waals surface area contributed by atoms with Gasteiger partial charge in [-0.25, -0.2) is 0 Å². The highest BCUT2D eigenvalue weighted by Crippen LogP contribution is 2.30. The van der Waals surface area contributed by atoms with Crippen LogP contribution in [0.5, 0.6) is 11.5 Å². The van der Waals surface area contributed by atoms with E-state index in [2.05, 4.69) is 22.8 Å². The molecule has 0 saturated carbocycles. The highest BCUT2D eigenvalue weighted by molar-refractivity contribution is 5.70. The number of carbonyl (C=O) groups is 1. The van der Waals surface area contributed by atoms with Crippen LogP contribution >= 0.6 is 0 Å². The maximum absolute atomic E-state index is 11.7. The van der Waals surface area contributed by atoms with Crippen molar-refractivity contribution < 1.29 is 19.0 Å². The summed E-state index contributed by atoms with van der Waals surface area (Å²) in [5, 5.41) is 0. The number of hydrogen-bond donors (Lipinski definition) is 0. The second kappa shape index (κ2) is 10.4. The number of fused-ring (bicyclic) bond motifs is 1. The first-order valence-corrected chi connectivity index (χ1v) is 10.1. The van der Waals surface area contributed by atoms with Crippen LogP contribution < -0.4 is 14.4 Å². The summed E-state index contributed by atoms with van der Waals surface area (Å²) in [4.78, 5) is 13.9. The molecule has 2 aromatic carbocycles. The van der Waals surface area contributed by atoms with Gasteiger partial charge in [-0.2, -0.15) is 0 Å². The van der Waals surface area contributed by atoms with Crippen molar-refractivity contribution in [2.45, 2.75) is 26.7 Å². The number of aryl methyl sites for hydroxylation is 1. The lowest BCUT2D eigenvalue weighted by molar-refractivity contribution is -0.143. The first-order chi connectivity index (χ1) is 14.2. The number of nitrogens with zero attached hydrogens (tertiary/aromatic N) is 1. The van der Waals surface area contributed by atoms with Gasteiger partial charge in [0.1, 0.15) is 18.1 Å². The van der Waals surface area contributed by atoms with Crippen LogP contribution in [0.4, 0.5) is 5.69 Å². The van der Waals surface area contributed by atoms with E-state index in [0.717, 1.165) is 34.9 Å². The molecular formula is C24H27NO4. The Bertz CT molecular complexity index is 897. The average Bonchev–Trinajstić information content (AvgIpc) is 2.74. The Morgan fingerprint density at radius 2 is 2.00 bits per heavy atom. The van der Waals surface area contributed by atoms with Gasteiger partial charge in [0, 0.05) is 6.42 Å². The van der Waals surface area contributed by atoms with Crippen LogP contribution in [0, 0.1) is 11.8 Å². The largest absolute Gasteiger partial charge is 0.492 e. The SMILES string of the molecule is CCOC(=O)CCc1cccc(C#CCN2CCOc3ccccc32)c1OCC. The van der Waals surface area contributed by atoms with Crippen LogP contribution in [-0.4, -0.2) is 38.9 Å². The Hall–Kier alpha value is -3.13. The number of ether oxygens (including phenoxy) is 3. The van der Waals surface area contributed by atoms with Crippen molar-refractivity contribution in [3.05, 3.63) is 53.6 Å². The Morgan fingerprint density at radius 3 is 2.83 bits per heavy atom. The number of esters is 1. The summed E-state index contributed by atoms with van der Waals surface area (Å²) < 4.78 is 16.6. The fourth-order valence-electron chi connectivity index (χ4n) is 3.29. The summed E-state index contributed by atoms with van der Waals surface area (Å²) in [6.45, 7) is 6.78. The minimum absolute atomic E-state index is 0.197. The van der Waals surface area contributed by atoms with Crippen LogP contribution in [0.3, 0.4) is 0 Å². The lowest BCUT2D eigenvalue weighted by atomic mass is 10.0.